The van der Waals surface area contributed by atoms with Crippen LogP contribution in [0.3, 0.4) is 0 Å². The van der Waals surface area contributed by atoms with Gasteiger partial charge in [0.25, 0.3) is 0 Å². The van der Waals surface area contributed by atoms with Gasteiger partial charge >= 0.3 is 0 Å². The van der Waals surface area contributed by atoms with E-state index in [1.807, 2.05) is 0 Å². The van der Waals surface area contributed by atoms with Crippen molar-refractivity contribution < 1.29 is 9.59 Å². The van der Waals surface area contributed by atoms with Gasteiger partial charge in [0.2, 0.25) is 0 Å². The molecule has 0 atom stereocenters. The molecule has 3 rings (SSSR count). The van der Waals surface area contributed by atoms with Crippen molar-refractivity contribution in [3.05, 3.63) is 34.4 Å². The molecular formula is C21H28O2. The van der Waals surface area contributed by atoms with Crippen LogP contribution in [0, 0.1) is 5.41 Å². The Morgan fingerprint density at radius 2 is 1.09 bits per heavy atom. The van der Waals surface area contributed by atoms with Crippen molar-refractivity contribution in [2.75, 3.05) is 0 Å². The molecule has 1 aromatic carbocycles. The predicted molar refractivity (Wildman–Crippen MR) is 93.4 cm³/mol. The summed E-state index contributed by atoms with van der Waals surface area (Å²) in [7, 11) is 0. The molecule has 0 unspecified atom stereocenters. The second-order valence-electron chi connectivity index (χ2n) is 9.36. The Morgan fingerprint density at radius 1 is 0.739 bits per heavy atom. The molecule has 0 aromatic heterocycles. The maximum Gasteiger partial charge on any atom is 0.177 e. The highest BCUT2D eigenvalue weighted by atomic mass is 16.2. The molecule has 1 spiro atoms. The maximum atomic E-state index is 13.4. The van der Waals surface area contributed by atoms with Gasteiger partial charge in [-0.05, 0) is 34.8 Å². The van der Waals surface area contributed by atoms with Crippen molar-refractivity contribution >= 4 is 11.6 Å². The number of ketones is 2. The zero-order valence-electron chi connectivity index (χ0n) is 15.3. The Bertz CT molecular complexity index is 635. The summed E-state index contributed by atoms with van der Waals surface area (Å²) in [5.74, 6) is 0.206. The van der Waals surface area contributed by atoms with Crippen molar-refractivity contribution in [3.8, 4) is 0 Å². The fourth-order valence-electron chi connectivity index (χ4n) is 4.34. The zero-order valence-corrected chi connectivity index (χ0v) is 15.3. The van der Waals surface area contributed by atoms with E-state index in [0.29, 0.717) is 0 Å². The minimum atomic E-state index is -0.746. The summed E-state index contributed by atoms with van der Waals surface area (Å²) in [6, 6.07) is 4.16. The van der Waals surface area contributed by atoms with Crippen LogP contribution in [-0.2, 0) is 10.8 Å². The quantitative estimate of drug-likeness (QED) is 0.615. The van der Waals surface area contributed by atoms with E-state index in [4.69, 9.17) is 0 Å². The van der Waals surface area contributed by atoms with E-state index in [0.717, 1.165) is 47.9 Å². The molecule has 0 N–H and O–H groups in total. The fraction of sp³-hybridized carbons (Fsp3) is 0.619. The first-order chi connectivity index (χ1) is 10.5. The van der Waals surface area contributed by atoms with E-state index in [9.17, 15) is 9.59 Å². The van der Waals surface area contributed by atoms with Gasteiger partial charge in [-0.15, -0.1) is 0 Å². The fourth-order valence-corrected chi connectivity index (χ4v) is 4.34. The largest absolute Gasteiger partial charge is 0.293 e. The van der Waals surface area contributed by atoms with Crippen LogP contribution in [0.5, 0.6) is 0 Å². The molecule has 2 aliphatic carbocycles. The number of carbonyl (C=O) groups excluding carboxylic acids is 2. The number of fused-ring (bicyclic) bond motifs is 1. The van der Waals surface area contributed by atoms with Crippen molar-refractivity contribution in [2.24, 2.45) is 5.41 Å². The van der Waals surface area contributed by atoms with E-state index in [-0.39, 0.29) is 22.4 Å². The number of Topliss-reactive ketones (excluding diaryl/α,β-unsaturated/α-hetero) is 2. The molecule has 2 heteroatoms. The number of hydrogen-bond acceptors (Lipinski definition) is 2. The predicted octanol–water partition coefficient (Wildman–Crippen LogP) is 5.22. The highest BCUT2D eigenvalue weighted by Gasteiger charge is 2.56. The van der Waals surface area contributed by atoms with Crippen LogP contribution in [0.25, 0.3) is 0 Å². The summed E-state index contributed by atoms with van der Waals surface area (Å²) in [6.07, 6.45) is 3.43. The average molecular weight is 312 g/mol. The van der Waals surface area contributed by atoms with Gasteiger partial charge < -0.3 is 0 Å². The Morgan fingerprint density at radius 3 is 1.39 bits per heavy atom. The molecule has 23 heavy (non-hydrogen) atoms. The molecule has 0 heterocycles. The molecule has 2 nitrogen and oxygen atoms in total. The van der Waals surface area contributed by atoms with Crippen LogP contribution in [0.15, 0.2) is 12.1 Å². The number of hydrogen-bond donors (Lipinski definition) is 0. The lowest BCUT2D eigenvalue weighted by atomic mass is 9.76. The van der Waals surface area contributed by atoms with E-state index in [2.05, 4.69) is 53.7 Å². The van der Waals surface area contributed by atoms with Gasteiger partial charge in [0.15, 0.2) is 11.6 Å². The molecule has 124 valence electrons. The van der Waals surface area contributed by atoms with Crippen molar-refractivity contribution in [1.29, 1.82) is 0 Å². The summed E-state index contributed by atoms with van der Waals surface area (Å²) in [4.78, 5) is 26.7. The van der Waals surface area contributed by atoms with Crippen molar-refractivity contribution in [2.45, 2.75) is 78.1 Å². The summed E-state index contributed by atoms with van der Waals surface area (Å²) >= 11 is 0. The third kappa shape index (κ3) is 2.21. The molecule has 2 aliphatic rings. The van der Waals surface area contributed by atoms with Crippen LogP contribution in [0.2, 0.25) is 0 Å². The van der Waals surface area contributed by atoms with E-state index >= 15 is 0 Å². The first-order valence-corrected chi connectivity index (χ1v) is 8.78. The van der Waals surface area contributed by atoms with Gasteiger partial charge in [0.05, 0.1) is 5.41 Å². The van der Waals surface area contributed by atoms with Gasteiger partial charge in [-0.2, -0.15) is 0 Å². The Labute approximate surface area is 139 Å². The molecule has 1 fully saturated rings. The summed E-state index contributed by atoms with van der Waals surface area (Å²) in [5, 5.41) is 0. The van der Waals surface area contributed by atoms with Crippen molar-refractivity contribution in [3.63, 3.8) is 0 Å². The Balaban J connectivity index is 2.35. The molecule has 0 bridgehead atoms. The second kappa shape index (κ2) is 4.78. The topological polar surface area (TPSA) is 34.1 Å². The minimum Gasteiger partial charge on any atom is -0.293 e. The lowest BCUT2D eigenvalue weighted by molar-refractivity contribution is 0.0704. The smallest absolute Gasteiger partial charge is 0.177 e. The summed E-state index contributed by atoms with van der Waals surface area (Å²) < 4.78 is 0. The minimum absolute atomic E-state index is 0.103. The molecule has 0 aliphatic heterocycles. The molecule has 1 aromatic rings. The van der Waals surface area contributed by atoms with Crippen LogP contribution < -0.4 is 0 Å². The lowest BCUT2D eigenvalue weighted by Crippen LogP contribution is -2.30. The van der Waals surface area contributed by atoms with E-state index < -0.39 is 5.41 Å². The lowest BCUT2D eigenvalue weighted by Gasteiger charge is -2.27. The highest BCUT2D eigenvalue weighted by Crippen LogP contribution is 2.52. The summed E-state index contributed by atoms with van der Waals surface area (Å²) in [6.45, 7) is 12.7. The van der Waals surface area contributed by atoms with Crippen LogP contribution in [0.4, 0.5) is 0 Å². The molecular weight excluding hydrogens is 284 g/mol. The summed E-state index contributed by atoms with van der Waals surface area (Å²) in [5.41, 5.74) is 2.50. The van der Waals surface area contributed by atoms with Crippen LogP contribution >= 0.6 is 0 Å². The highest BCUT2D eigenvalue weighted by molar-refractivity contribution is 6.31. The maximum absolute atomic E-state index is 13.4. The molecule has 0 saturated heterocycles. The van der Waals surface area contributed by atoms with Gasteiger partial charge in [0, 0.05) is 11.1 Å². The molecule has 1 saturated carbocycles. The standard InChI is InChI=1S/C21H28O2/c1-19(2,3)13-9-10-14(20(4,5)6)16-15(13)17(22)21(18(16)23)11-7-8-12-21/h9-10H,7-8,11-12H2,1-6H3. The van der Waals surface area contributed by atoms with E-state index in [1.165, 1.54) is 0 Å². The van der Waals surface area contributed by atoms with Gasteiger partial charge in [-0.3, -0.25) is 9.59 Å². The first kappa shape index (κ1) is 16.4. The number of benzene rings is 1. The first-order valence-electron chi connectivity index (χ1n) is 8.78. The van der Waals surface area contributed by atoms with Gasteiger partial charge in [0.1, 0.15) is 0 Å². The third-order valence-corrected chi connectivity index (χ3v) is 5.60. The van der Waals surface area contributed by atoms with Crippen molar-refractivity contribution in [1.82, 2.24) is 0 Å². The molecule has 0 amide bonds. The average Bonchev–Trinajstić information content (AvgIpc) is 2.99. The number of carbonyl (C=O) groups is 2. The number of rotatable bonds is 0. The SMILES string of the molecule is CC(C)(C)c1ccc(C(C)(C)C)c2c1C(=O)C1(CCCC1)C2=O. The monoisotopic (exact) mass is 312 g/mol. The second-order valence-corrected chi connectivity index (χ2v) is 9.36. The molecule has 0 radical (unpaired) electrons. The third-order valence-electron chi connectivity index (χ3n) is 5.60. The van der Waals surface area contributed by atoms with E-state index in [1.54, 1.807) is 0 Å². The van der Waals surface area contributed by atoms with Crippen LogP contribution in [-0.4, -0.2) is 11.6 Å². The van der Waals surface area contributed by atoms with Gasteiger partial charge in [-0.25, -0.2) is 0 Å². The Hall–Kier alpha value is -1.44. The Kier molecular flexibility index (Phi) is 3.41. The normalized spacial score (nSPS) is 20.4. The van der Waals surface area contributed by atoms with Gasteiger partial charge in [-0.1, -0.05) is 66.5 Å². The van der Waals surface area contributed by atoms with Crippen LogP contribution in [0.1, 0.15) is 99.1 Å². The zero-order chi connectivity index (χ0) is 17.2.